The third-order valence-corrected chi connectivity index (χ3v) is 5.62. The maximum Gasteiger partial charge on any atom is 0.335 e. The van der Waals surface area contributed by atoms with Crippen LogP contribution in [0.25, 0.3) is 11.4 Å². The van der Waals surface area contributed by atoms with Crippen molar-refractivity contribution in [3.8, 4) is 11.4 Å². The lowest BCUT2D eigenvalue weighted by molar-refractivity contribution is -0.384. The minimum absolute atomic E-state index is 0.0517. The van der Waals surface area contributed by atoms with Crippen LogP contribution in [0, 0.1) is 10.1 Å². The molecule has 2 aromatic heterocycles. The largest absolute Gasteiger partial charge is 0.478 e. The lowest BCUT2D eigenvalue weighted by Gasteiger charge is -2.32. The second-order valence-electron chi connectivity index (χ2n) is 7.72. The topological polar surface area (TPSA) is 151 Å². The van der Waals surface area contributed by atoms with Crippen LogP contribution in [0.2, 0.25) is 0 Å². The number of hydrogen-bond donors (Lipinski definition) is 2. The van der Waals surface area contributed by atoms with E-state index in [0.717, 1.165) is 17.0 Å². The second-order valence-corrected chi connectivity index (χ2v) is 7.72. The van der Waals surface area contributed by atoms with Crippen molar-refractivity contribution < 1.29 is 19.3 Å². The van der Waals surface area contributed by atoms with E-state index < -0.39 is 10.9 Å². The molecule has 0 amide bonds. The standard InChI is InChI=1S/C22H18N6O5/c29-22(30)14-6-4-13(5-7-14)10-27-11-18-17(23-12-24-18)9-19(27)21-25-20(26-33-21)15-2-1-3-16(8-15)28(31)32/h1-8,12,19H,9-11H2,(H,23,24)(H,29,30)/t19-/m0/s1. The van der Waals surface area contributed by atoms with Crippen molar-refractivity contribution >= 4 is 11.7 Å². The molecule has 5 rings (SSSR count). The smallest absolute Gasteiger partial charge is 0.335 e. The molecule has 0 bridgehead atoms. The molecule has 0 aliphatic carbocycles. The molecule has 3 heterocycles. The number of nitrogens with zero attached hydrogens (tertiary/aromatic N) is 5. The first-order chi connectivity index (χ1) is 16.0. The maximum absolute atomic E-state index is 11.1. The molecule has 2 N–H and O–H groups in total. The van der Waals surface area contributed by atoms with Crippen molar-refractivity contribution in [1.29, 1.82) is 0 Å². The summed E-state index contributed by atoms with van der Waals surface area (Å²) < 4.78 is 5.58. The lowest BCUT2D eigenvalue weighted by Crippen LogP contribution is -2.34. The fourth-order valence-corrected chi connectivity index (χ4v) is 3.93. The highest BCUT2D eigenvalue weighted by Gasteiger charge is 2.33. The van der Waals surface area contributed by atoms with Gasteiger partial charge in [0.05, 0.1) is 34.2 Å². The quantitative estimate of drug-likeness (QED) is 0.335. The number of aromatic amines is 1. The van der Waals surface area contributed by atoms with Crippen molar-refractivity contribution in [2.24, 2.45) is 0 Å². The van der Waals surface area contributed by atoms with Gasteiger partial charge in [0.25, 0.3) is 5.69 Å². The molecule has 1 aliphatic heterocycles. The van der Waals surface area contributed by atoms with E-state index in [9.17, 15) is 14.9 Å². The molecule has 11 nitrogen and oxygen atoms in total. The molecule has 33 heavy (non-hydrogen) atoms. The molecule has 0 unspecified atom stereocenters. The summed E-state index contributed by atoms with van der Waals surface area (Å²) in [6.07, 6.45) is 2.19. The number of aromatic nitrogens is 4. The Kier molecular flexibility index (Phi) is 5.15. The summed E-state index contributed by atoms with van der Waals surface area (Å²) >= 11 is 0. The number of nitro benzene ring substituents is 1. The number of carbonyl (C=O) groups is 1. The summed E-state index contributed by atoms with van der Waals surface area (Å²) in [4.78, 5) is 36.0. The van der Waals surface area contributed by atoms with Gasteiger partial charge in [-0.25, -0.2) is 9.78 Å². The number of benzene rings is 2. The van der Waals surface area contributed by atoms with E-state index in [4.69, 9.17) is 9.63 Å². The highest BCUT2D eigenvalue weighted by Crippen LogP contribution is 2.33. The minimum atomic E-state index is -0.973. The molecule has 0 saturated carbocycles. The number of aromatic carboxylic acids is 1. The first-order valence-corrected chi connectivity index (χ1v) is 10.1. The monoisotopic (exact) mass is 446 g/mol. The zero-order valence-electron chi connectivity index (χ0n) is 17.2. The summed E-state index contributed by atoms with van der Waals surface area (Å²) in [7, 11) is 0. The first-order valence-electron chi connectivity index (χ1n) is 10.1. The Balaban J connectivity index is 1.44. The lowest BCUT2D eigenvalue weighted by atomic mass is 10.0. The van der Waals surface area contributed by atoms with Gasteiger partial charge in [0.15, 0.2) is 0 Å². The molecule has 11 heteroatoms. The molecule has 1 aliphatic rings. The minimum Gasteiger partial charge on any atom is -0.478 e. The van der Waals surface area contributed by atoms with Crippen LogP contribution in [0.5, 0.6) is 0 Å². The van der Waals surface area contributed by atoms with Crippen LogP contribution in [-0.4, -0.2) is 41.0 Å². The number of imidazole rings is 1. The van der Waals surface area contributed by atoms with Gasteiger partial charge in [-0.05, 0) is 17.7 Å². The van der Waals surface area contributed by atoms with Crippen LogP contribution in [0.3, 0.4) is 0 Å². The van der Waals surface area contributed by atoms with E-state index in [2.05, 4.69) is 25.0 Å². The fourth-order valence-electron chi connectivity index (χ4n) is 3.93. The number of fused-ring (bicyclic) bond motifs is 1. The summed E-state index contributed by atoms with van der Waals surface area (Å²) in [6.45, 7) is 1.09. The van der Waals surface area contributed by atoms with Crippen LogP contribution >= 0.6 is 0 Å². The van der Waals surface area contributed by atoms with Crippen molar-refractivity contribution in [3.05, 3.63) is 93.4 Å². The number of rotatable bonds is 6. The number of carboxylic acids is 1. The Morgan fingerprint density at radius 3 is 2.85 bits per heavy atom. The van der Waals surface area contributed by atoms with Crippen molar-refractivity contribution in [2.45, 2.75) is 25.6 Å². The molecular formula is C22H18N6O5. The van der Waals surface area contributed by atoms with E-state index in [-0.39, 0.29) is 23.1 Å². The zero-order chi connectivity index (χ0) is 22.9. The molecule has 0 saturated heterocycles. The van der Waals surface area contributed by atoms with Gasteiger partial charge in [0, 0.05) is 37.2 Å². The number of H-pyrrole nitrogens is 1. The summed E-state index contributed by atoms with van der Waals surface area (Å²) in [5, 5.41) is 24.3. The first kappa shape index (κ1) is 20.5. The number of nitrogens with one attached hydrogen (secondary N) is 1. The van der Waals surface area contributed by atoms with Crippen LogP contribution in [0.4, 0.5) is 5.69 Å². The van der Waals surface area contributed by atoms with E-state index >= 15 is 0 Å². The molecular weight excluding hydrogens is 428 g/mol. The molecule has 0 radical (unpaired) electrons. The number of non-ortho nitro benzene ring substituents is 1. The van der Waals surface area contributed by atoms with Gasteiger partial charge in [0.1, 0.15) is 0 Å². The summed E-state index contributed by atoms with van der Waals surface area (Å²) in [6, 6.07) is 12.5. The SMILES string of the molecule is O=C(O)c1ccc(CN2Cc3[nH]cnc3C[C@H]2c2nc(-c3cccc([N+](=O)[O-])c3)no2)cc1. The zero-order valence-corrected chi connectivity index (χ0v) is 17.2. The molecule has 4 aromatic rings. The third-order valence-electron chi connectivity index (χ3n) is 5.62. The van der Waals surface area contributed by atoms with Gasteiger partial charge in [-0.1, -0.05) is 29.4 Å². The van der Waals surface area contributed by atoms with Gasteiger partial charge in [-0.15, -0.1) is 0 Å². The summed E-state index contributed by atoms with van der Waals surface area (Å²) in [5.41, 5.74) is 3.50. The fraction of sp³-hybridized carbons (Fsp3) is 0.182. The average Bonchev–Trinajstić information content (AvgIpc) is 3.48. The normalized spacial score (nSPS) is 15.8. The Morgan fingerprint density at radius 1 is 1.27 bits per heavy atom. The Labute approximate surface area is 186 Å². The van der Waals surface area contributed by atoms with Gasteiger partial charge in [0.2, 0.25) is 11.7 Å². The molecule has 0 spiro atoms. The van der Waals surface area contributed by atoms with E-state index in [1.807, 2.05) is 0 Å². The highest BCUT2D eigenvalue weighted by atomic mass is 16.6. The molecule has 2 aromatic carbocycles. The molecule has 0 fully saturated rings. The van der Waals surface area contributed by atoms with Gasteiger partial charge in [-0.2, -0.15) is 4.98 Å². The number of nitro groups is 1. The molecule has 166 valence electrons. The predicted octanol–water partition coefficient (Wildman–Crippen LogP) is 3.37. The molecule has 1 atom stereocenters. The van der Waals surface area contributed by atoms with Crippen molar-refractivity contribution in [1.82, 2.24) is 25.0 Å². The van der Waals surface area contributed by atoms with Crippen LogP contribution in [0.1, 0.15) is 39.2 Å². The van der Waals surface area contributed by atoms with Crippen molar-refractivity contribution in [3.63, 3.8) is 0 Å². The highest BCUT2D eigenvalue weighted by molar-refractivity contribution is 5.87. The number of carboxylic acid groups (broad SMARTS) is 1. The summed E-state index contributed by atoms with van der Waals surface area (Å²) in [5.74, 6) is -0.321. The maximum atomic E-state index is 11.1. The third kappa shape index (κ3) is 4.08. The Bertz CT molecular complexity index is 1330. The van der Waals surface area contributed by atoms with Gasteiger partial charge < -0.3 is 14.6 Å². The van der Waals surface area contributed by atoms with Crippen LogP contribution < -0.4 is 0 Å². The van der Waals surface area contributed by atoms with Crippen molar-refractivity contribution in [2.75, 3.05) is 0 Å². The number of hydrogen-bond acceptors (Lipinski definition) is 8. The van der Waals surface area contributed by atoms with Crippen LogP contribution in [0.15, 0.2) is 59.4 Å². The van der Waals surface area contributed by atoms with E-state index in [0.29, 0.717) is 31.0 Å². The Morgan fingerprint density at radius 2 is 2.09 bits per heavy atom. The Hall–Kier alpha value is -4.38. The second kappa shape index (κ2) is 8.28. The predicted molar refractivity (Wildman–Crippen MR) is 114 cm³/mol. The van der Waals surface area contributed by atoms with Gasteiger partial charge in [-0.3, -0.25) is 15.0 Å². The average molecular weight is 446 g/mol. The van der Waals surface area contributed by atoms with Gasteiger partial charge >= 0.3 is 5.97 Å². The van der Waals surface area contributed by atoms with E-state index in [1.165, 1.54) is 12.1 Å². The van der Waals surface area contributed by atoms with Crippen LogP contribution in [-0.2, 0) is 19.5 Å². The van der Waals surface area contributed by atoms with E-state index in [1.54, 1.807) is 42.7 Å².